The van der Waals surface area contributed by atoms with E-state index in [4.69, 9.17) is 4.74 Å². The minimum atomic E-state index is -0.795. The SMILES string of the molecule is O=C(Cc1ccc2ccccc2c1)N1CC[C@](O)(CN2CCOCC2)C1. The summed E-state index contributed by atoms with van der Waals surface area (Å²) in [5, 5.41) is 13.2. The molecular formula is C21H26N2O3. The van der Waals surface area contributed by atoms with Gasteiger partial charge >= 0.3 is 0 Å². The molecule has 2 saturated heterocycles. The van der Waals surface area contributed by atoms with E-state index in [-0.39, 0.29) is 5.91 Å². The third kappa shape index (κ3) is 3.90. The number of benzene rings is 2. The highest BCUT2D eigenvalue weighted by molar-refractivity contribution is 5.85. The highest BCUT2D eigenvalue weighted by Gasteiger charge is 2.39. The second kappa shape index (κ2) is 7.35. The summed E-state index contributed by atoms with van der Waals surface area (Å²) in [6.45, 7) is 4.84. The van der Waals surface area contributed by atoms with Crippen molar-refractivity contribution in [1.29, 1.82) is 0 Å². The largest absolute Gasteiger partial charge is 0.387 e. The number of fused-ring (bicyclic) bond motifs is 1. The van der Waals surface area contributed by atoms with Crippen molar-refractivity contribution >= 4 is 16.7 Å². The van der Waals surface area contributed by atoms with Crippen molar-refractivity contribution in [1.82, 2.24) is 9.80 Å². The lowest BCUT2D eigenvalue weighted by Gasteiger charge is -2.33. The van der Waals surface area contributed by atoms with Gasteiger partial charge in [-0.05, 0) is 22.8 Å². The first-order valence-electron chi connectivity index (χ1n) is 9.39. The summed E-state index contributed by atoms with van der Waals surface area (Å²) in [5.41, 5.74) is 0.230. The number of β-amino-alcohol motifs (C(OH)–C–C–N with tert-alkyl or cyclic N) is 1. The second-order valence-corrected chi connectivity index (χ2v) is 7.54. The van der Waals surface area contributed by atoms with Crippen molar-refractivity contribution in [3.05, 3.63) is 48.0 Å². The number of rotatable bonds is 4. The molecule has 0 bridgehead atoms. The van der Waals surface area contributed by atoms with E-state index >= 15 is 0 Å². The van der Waals surface area contributed by atoms with Crippen LogP contribution in [0, 0.1) is 0 Å². The van der Waals surface area contributed by atoms with Gasteiger partial charge in [-0.3, -0.25) is 9.69 Å². The quantitative estimate of drug-likeness (QED) is 0.908. The van der Waals surface area contributed by atoms with Gasteiger partial charge in [-0.15, -0.1) is 0 Å². The Morgan fingerprint density at radius 3 is 2.65 bits per heavy atom. The molecule has 5 nitrogen and oxygen atoms in total. The zero-order chi connectivity index (χ0) is 18.0. The maximum atomic E-state index is 12.7. The Bertz CT molecular complexity index is 788. The van der Waals surface area contributed by atoms with Crippen LogP contribution in [0.4, 0.5) is 0 Å². The number of carbonyl (C=O) groups is 1. The summed E-state index contributed by atoms with van der Waals surface area (Å²) in [6.07, 6.45) is 1.03. The molecule has 2 aromatic carbocycles. The predicted molar refractivity (Wildman–Crippen MR) is 101 cm³/mol. The maximum Gasteiger partial charge on any atom is 0.227 e. The number of likely N-dealkylation sites (tertiary alicyclic amines) is 1. The zero-order valence-electron chi connectivity index (χ0n) is 15.1. The monoisotopic (exact) mass is 354 g/mol. The van der Waals surface area contributed by atoms with Crippen molar-refractivity contribution in [2.75, 3.05) is 45.9 Å². The van der Waals surface area contributed by atoms with Crippen LogP contribution >= 0.6 is 0 Å². The van der Waals surface area contributed by atoms with Gasteiger partial charge in [-0.25, -0.2) is 0 Å². The summed E-state index contributed by atoms with van der Waals surface area (Å²) < 4.78 is 5.37. The van der Waals surface area contributed by atoms with Crippen molar-refractivity contribution in [2.45, 2.75) is 18.4 Å². The lowest BCUT2D eigenvalue weighted by atomic mass is 10.0. The fraction of sp³-hybridized carbons (Fsp3) is 0.476. The minimum Gasteiger partial charge on any atom is -0.387 e. The average molecular weight is 354 g/mol. The Kier molecular flexibility index (Phi) is 4.94. The van der Waals surface area contributed by atoms with Crippen LogP contribution in [0.25, 0.3) is 10.8 Å². The molecule has 2 aliphatic rings. The van der Waals surface area contributed by atoms with E-state index in [1.54, 1.807) is 0 Å². The normalized spacial score (nSPS) is 24.3. The first-order chi connectivity index (χ1) is 12.6. The van der Waals surface area contributed by atoms with Crippen molar-refractivity contribution < 1.29 is 14.6 Å². The van der Waals surface area contributed by atoms with Crippen molar-refractivity contribution in [2.24, 2.45) is 0 Å². The molecule has 2 fully saturated rings. The van der Waals surface area contributed by atoms with E-state index in [1.807, 2.05) is 23.1 Å². The summed E-state index contributed by atoms with van der Waals surface area (Å²) in [7, 11) is 0. The highest BCUT2D eigenvalue weighted by atomic mass is 16.5. The molecule has 0 unspecified atom stereocenters. The summed E-state index contributed by atoms with van der Waals surface area (Å²) >= 11 is 0. The van der Waals surface area contributed by atoms with E-state index < -0.39 is 5.60 Å². The molecule has 2 aliphatic heterocycles. The van der Waals surface area contributed by atoms with E-state index in [0.717, 1.165) is 37.3 Å². The van der Waals surface area contributed by atoms with Crippen molar-refractivity contribution in [3.8, 4) is 0 Å². The van der Waals surface area contributed by atoms with Gasteiger partial charge in [0.15, 0.2) is 0 Å². The molecule has 2 aromatic rings. The fourth-order valence-electron chi connectivity index (χ4n) is 4.01. The van der Waals surface area contributed by atoms with Gasteiger partial charge in [-0.2, -0.15) is 0 Å². The van der Waals surface area contributed by atoms with Crippen LogP contribution in [0.3, 0.4) is 0 Å². The second-order valence-electron chi connectivity index (χ2n) is 7.54. The number of ether oxygens (including phenoxy) is 1. The van der Waals surface area contributed by atoms with Crippen LogP contribution in [-0.2, 0) is 16.0 Å². The average Bonchev–Trinajstić information content (AvgIpc) is 3.04. The number of morpholine rings is 1. The number of aliphatic hydroxyl groups is 1. The molecule has 2 heterocycles. The van der Waals surface area contributed by atoms with Crippen molar-refractivity contribution in [3.63, 3.8) is 0 Å². The summed E-state index contributed by atoms with van der Waals surface area (Å²) in [5.74, 6) is 0.0955. The number of hydrogen-bond donors (Lipinski definition) is 1. The topological polar surface area (TPSA) is 53.0 Å². The molecule has 1 atom stereocenters. The predicted octanol–water partition coefficient (Wildman–Crippen LogP) is 1.68. The number of hydrogen-bond acceptors (Lipinski definition) is 4. The molecule has 0 aliphatic carbocycles. The van der Waals surface area contributed by atoms with Crippen LogP contribution in [-0.4, -0.2) is 72.4 Å². The van der Waals surface area contributed by atoms with E-state index in [9.17, 15) is 9.90 Å². The van der Waals surface area contributed by atoms with Gasteiger partial charge in [0.1, 0.15) is 0 Å². The minimum absolute atomic E-state index is 0.0955. The van der Waals surface area contributed by atoms with Gasteiger partial charge in [0.05, 0.1) is 31.8 Å². The Morgan fingerprint density at radius 2 is 1.85 bits per heavy atom. The number of carbonyl (C=O) groups excluding carboxylic acids is 1. The number of amides is 1. The van der Waals surface area contributed by atoms with E-state index in [0.29, 0.717) is 32.5 Å². The Morgan fingerprint density at radius 1 is 1.08 bits per heavy atom. The number of nitrogens with zero attached hydrogens (tertiary/aromatic N) is 2. The smallest absolute Gasteiger partial charge is 0.227 e. The van der Waals surface area contributed by atoms with Crippen LogP contribution in [0.15, 0.2) is 42.5 Å². The molecule has 1 N–H and O–H groups in total. The van der Waals surface area contributed by atoms with Gasteiger partial charge in [0.2, 0.25) is 5.91 Å². The lowest BCUT2D eigenvalue weighted by Crippen LogP contribution is -2.49. The molecule has 5 heteroatoms. The molecule has 4 rings (SSSR count). The third-order valence-electron chi connectivity index (χ3n) is 5.48. The van der Waals surface area contributed by atoms with Gasteiger partial charge < -0.3 is 14.7 Å². The van der Waals surface area contributed by atoms with Gasteiger partial charge in [0.25, 0.3) is 0 Å². The van der Waals surface area contributed by atoms with E-state index in [2.05, 4.69) is 29.2 Å². The first kappa shape index (κ1) is 17.5. The van der Waals surface area contributed by atoms with Crippen LogP contribution in [0.2, 0.25) is 0 Å². The van der Waals surface area contributed by atoms with Gasteiger partial charge in [0, 0.05) is 26.2 Å². The lowest BCUT2D eigenvalue weighted by molar-refractivity contribution is -0.130. The fourth-order valence-corrected chi connectivity index (χ4v) is 4.01. The van der Waals surface area contributed by atoms with Crippen LogP contribution < -0.4 is 0 Å². The third-order valence-corrected chi connectivity index (χ3v) is 5.48. The van der Waals surface area contributed by atoms with Crippen LogP contribution in [0.5, 0.6) is 0 Å². The molecule has 1 amide bonds. The molecular weight excluding hydrogens is 328 g/mol. The maximum absolute atomic E-state index is 12.7. The zero-order valence-corrected chi connectivity index (χ0v) is 15.1. The van der Waals surface area contributed by atoms with Gasteiger partial charge in [-0.1, -0.05) is 42.5 Å². The Balaban J connectivity index is 1.37. The molecule has 0 aromatic heterocycles. The molecule has 138 valence electrons. The van der Waals surface area contributed by atoms with Crippen LogP contribution in [0.1, 0.15) is 12.0 Å². The Hall–Kier alpha value is -1.95. The Labute approximate surface area is 154 Å². The summed E-state index contributed by atoms with van der Waals surface area (Å²) in [6, 6.07) is 14.4. The summed E-state index contributed by atoms with van der Waals surface area (Å²) in [4.78, 5) is 16.8. The standard InChI is InChI=1S/C21H26N2O3/c24-20(14-17-5-6-18-3-1-2-4-19(18)13-17)23-8-7-21(25,16-23)15-22-9-11-26-12-10-22/h1-6,13,25H,7-12,14-16H2/t21-/m0/s1. The van der Waals surface area contributed by atoms with E-state index in [1.165, 1.54) is 5.39 Å². The highest BCUT2D eigenvalue weighted by Crippen LogP contribution is 2.24. The molecule has 0 spiro atoms. The molecule has 0 radical (unpaired) electrons. The first-order valence-corrected chi connectivity index (χ1v) is 9.39. The molecule has 0 saturated carbocycles. The molecule has 26 heavy (non-hydrogen) atoms.